The molecule has 1 aromatic carbocycles. The number of imide groups is 2. The Morgan fingerprint density at radius 3 is 2.57 bits per heavy atom. The molecule has 4 amide bonds. The van der Waals surface area contributed by atoms with E-state index in [1.165, 1.54) is 0 Å². The largest absolute Gasteiger partial charge is 0.374 e. The van der Waals surface area contributed by atoms with Gasteiger partial charge in [-0.3, -0.25) is 29.4 Å². The Morgan fingerprint density at radius 2 is 1.86 bits per heavy atom. The van der Waals surface area contributed by atoms with Crippen molar-refractivity contribution in [2.75, 3.05) is 24.6 Å². The standard InChI is InChI=1S/C19H19N3O6/c23-6-1-7-28-12-9-21(10-12)11-2-3-13-14(8-11)19(27)22(18(13)26)15-4-5-16(24)20-17(15)25/h2-3,6,8,12,15H,1,4-5,7,9-10H2,(H,20,24,25). The van der Waals surface area contributed by atoms with E-state index in [0.29, 0.717) is 26.1 Å². The highest BCUT2D eigenvalue weighted by atomic mass is 16.5. The molecule has 0 spiro atoms. The zero-order valence-corrected chi connectivity index (χ0v) is 15.1. The average Bonchev–Trinajstić information content (AvgIpc) is 2.88. The van der Waals surface area contributed by atoms with Crippen molar-refractivity contribution in [3.8, 4) is 0 Å². The van der Waals surface area contributed by atoms with Crippen molar-refractivity contribution in [1.29, 1.82) is 0 Å². The monoisotopic (exact) mass is 385 g/mol. The molecule has 28 heavy (non-hydrogen) atoms. The van der Waals surface area contributed by atoms with Crippen molar-refractivity contribution in [2.24, 2.45) is 0 Å². The molecule has 2 fully saturated rings. The number of benzene rings is 1. The highest BCUT2D eigenvalue weighted by molar-refractivity contribution is 6.23. The molecule has 2 saturated heterocycles. The summed E-state index contributed by atoms with van der Waals surface area (Å²) in [6, 6.07) is 4.05. The van der Waals surface area contributed by atoms with Crippen LogP contribution in [0.5, 0.6) is 0 Å². The van der Waals surface area contributed by atoms with Crippen molar-refractivity contribution < 1.29 is 28.7 Å². The van der Waals surface area contributed by atoms with E-state index >= 15 is 0 Å². The molecule has 1 unspecified atom stereocenters. The van der Waals surface area contributed by atoms with Crippen molar-refractivity contribution in [3.63, 3.8) is 0 Å². The third-order valence-corrected chi connectivity index (χ3v) is 5.23. The first kappa shape index (κ1) is 18.3. The summed E-state index contributed by atoms with van der Waals surface area (Å²) in [5.74, 6) is -2.05. The van der Waals surface area contributed by atoms with Gasteiger partial charge in [-0.05, 0) is 24.6 Å². The number of nitrogens with one attached hydrogen (secondary N) is 1. The van der Waals surface area contributed by atoms with Crippen LogP contribution in [0.1, 0.15) is 40.0 Å². The Morgan fingerprint density at radius 1 is 1.11 bits per heavy atom. The number of anilines is 1. The molecule has 0 saturated carbocycles. The number of fused-ring (bicyclic) bond motifs is 1. The fraction of sp³-hybridized carbons (Fsp3) is 0.421. The molecule has 0 aliphatic carbocycles. The summed E-state index contributed by atoms with van der Waals surface area (Å²) in [5.41, 5.74) is 1.32. The zero-order chi connectivity index (χ0) is 19.8. The summed E-state index contributed by atoms with van der Waals surface area (Å²) in [5, 5.41) is 2.18. The number of carbonyl (C=O) groups excluding carboxylic acids is 5. The van der Waals surface area contributed by atoms with Crippen LogP contribution in [-0.2, 0) is 19.1 Å². The number of carbonyl (C=O) groups is 5. The molecular formula is C19H19N3O6. The minimum absolute atomic E-state index is 0.0329. The average molecular weight is 385 g/mol. The van der Waals surface area contributed by atoms with Gasteiger partial charge < -0.3 is 14.4 Å². The van der Waals surface area contributed by atoms with Gasteiger partial charge in [0.2, 0.25) is 11.8 Å². The second-order valence-corrected chi connectivity index (χ2v) is 7.03. The quantitative estimate of drug-likeness (QED) is 0.413. The molecule has 1 aromatic rings. The minimum Gasteiger partial charge on any atom is -0.374 e. The molecule has 4 rings (SSSR count). The molecule has 0 radical (unpaired) electrons. The van der Waals surface area contributed by atoms with E-state index in [4.69, 9.17) is 4.74 Å². The first-order valence-corrected chi connectivity index (χ1v) is 9.15. The molecule has 1 atom stereocenters. The van der Waals surface area contributed by atoms with Gasteiger partial charge in [0.25, 0.3) is 11.8 Å². The van der Waals surface area contributed by atoms with Crippen molar-refractivity contribution >= 4 is 35.6 Å². The highest BCUT2D eigenvalue weighted by Crippen LogP contribution is 2.32. The van der Waals surface area contributed by atoms with Gasteiger partial charge in [-0.15, -0.1) is 0 Å². The van der Waals surface area contributed by atoms with Crippen LogP contribution in [0.3, 0.4) is 0 Å². The molecule has 9 nitrogen and oxygen atoms in total. The van der Waals surface area contributed by atoms with Crippen molar-refractivity contribution in [2.45, 2.75) is 31.4 Å². The van der Waals surface area contributed by atoms with E-state index in [1.54, 1.807) is 18.2 Å². The van der Waals surface area contributed by atoms with Gasteiger partial charge in [0, 0.05) is 31.6 Å². The Bertz CT molecular complexity index is 876. The van der Waals surface area contributed by atoms with E-state index in [0.717, 1.165) is 16.9 Å². The zero-order valence-electron chi connectivity index (χ0n) is 15.1. The van der Waals surface area contributed by atoms with Crippen LogP contribution >= 0.6 is 0 Å². The second-order valence-electron chi connectivity index (χ2n) is 7.03. The SMILES string of the molecule is O=CCCOC1CN(c2ccc3c(c2)C(=O)N(C2CCC(=O)NC2=O)C3=O)C1. The number of ether oxygens (including phenoxy) is 1. The van der Waals surface area contributed by atoms with E-state index in [9.17, 15) is 24.0 Å². The van der Waals surface area contributed by atoms with Gasteiger partial charge in [-0.25, -0.2) is 0 Å². The number of piperidine rings is 1. The summed E-state index contributed by atoms with van der Waals surface area (Å²) in [7, 11) is 0. The third-order valence-electron chi connectivity index (χ3n) is 5.23. The number of hydrogen-bond acceptors (Lipinski definition) is 7. The van der Waals surface area contributed by atoms with Crippen LogP contribution < -0.4 is 10.2 Å². The van der Waals surface area contributed by atoms with Gasteiger partial charge in [-0.2, -0.15) is 0 Å². The number of amides is 4. The van der Waals surface area contributed by atoms with Crippen LogP contribution in [-0.4, -0.2) is 66.7 Å². The van der Waals surface area contributed by atoms with Gasteiger partial charge in [0.05, 0.1) is 23.8 Å². The van der Waals surface area contributed by atoms with Gasteiger partial charge >= 0.3 is 0 Å². The van der Waals surface area contributed by atoms with Crippen LogP contribution in [0.25, 0.3) is 0 Å². The molecule has 0 aromatic heterocycles. The van der Waals surface area contributed by atoms with E-state index in [2.05, 4.69) is 5.32 Å². The summed E-state index contributed by atoms with van der Waals surface area (Å²) >= 11 is 0. The lowest BCUT2D eigenvalue weighted by Crippen LogP contribution is -2.54. The third kappa shape index (κ3) is 3.07. The lowest BCUT2D eigenvalue weighted by molar-refractivity contribution is -0.136. The normalized spacial score (nSPS) is 22.2. The summed E-state index contributed by atoms with van der Waals surface area (Å²) in [4.78, 5) is 62.2. The smallest absolute Gasteiger partial charge is 0.262 e. The molecule has 0 bridgehead atoms. The minimum atomic E-state index is -0.965. The van der Waals surface area contributed by atoms with Gasteiger partial charge in [0.15, 0.2) is 0 Å². The molecule has 1 N–H and O–H groups in total. The van der Waals surface area contributed by atoms with Crippen LogP contribution in [0.15, 0.2) is 18.2 Å². The van der Waals surface area contributed by atoms with E-state index in [1.807, 2.05) is 4.90 Å². The molecular weight excluding hydrogens is 366 g/mol. The predicted molar refractivity (Wildman–Crippen MR) is 95.7 cm³/mol. The molecule has 3 heterocycles. The molecule has 3 aliphatic heterocycles. The van der Waals surface area contributed by atoms with E-state index in [-0.39, 0.29) is 30.1 Å². The fourth-order valence-electron chi connectivity index (χ4n) is 3.69. The maximum atomic E-state index is 12.8. The number of rotatable bonds is 6. The van der Waals surface area contributed by atoms with Crippen molar-refractivity contribution in [1.82, 2.24) is 10.2 Å². The first-order chi connectivity index (χ1) is 13.5. The fourth-order valence-corrected chi connectivity index (χ4v) is 3.69. The van der Waals surface area contributed by atoms with Crippen LogP contribution in [0.2, 0.25) is 0 Å². The van der Waals surface area contributed by atoms with Gasteiger partial charge in [-0.1, -0.05) is 0 Å². The maximum absolute atomic E-state index is 12.8. The summed E-state index contributed by atoms with van der Waals surface area (Å²) < 4.78 is 5.54. The lowest BCUT2D eigenvalue weighted by atomic mass is 10.0. The number of nitrogens with zero attached hydrogens (tertiary/aromatic N) is 2. The molecule has 9 heteroatoms. The first-order valence-electron chi connectivity index (χ1n) is 9.15. The van der Waals surface area contributed by atoms with Crippen molar-refractivity contribution in [3.05, 3.63) is 29.3 Å². The summed E-state index contributed by atoms with van der Waals surface area (Å²) in [6.07, 6.45) is 1.43. The molecule has 146 valence electrons. The van der Waals surface area contributed by atoms with E-state index < -0.39 is 29.7 Å². The number of hydrogen-bond donors (Lipinski definition) is 1. The van der Waals surface area contributed by atoms with Crippen LogP contribution in [0.4, 0.5) is 5.69 Å². The predicted octanol–water partition coefficient (Wildman–Crippen LogP) is -0.118. The second kappa shape index (κ2) is 7.16. The maximum Gasteiger partial charge on any atom is 0.262 e. The Hall–Kier alpha value is -3.07. The Balaban J connectivity index is 1.47. The Labute approximate surface area is 160 Å². The lowest BCUT2D eigenvalue weighted by Gasteiger charge is -2.40. The van der Waals surface area contributed by atoms with Gasteiger partial charge in [0.1, 0.15) is 12.3 Å². The topological polar surface area (TPSA) is 113 Å². The molecule has 3 aliphatic rings. The Kier molecular flexibility index (Phi) is 4.68. The number of aldehydes is 1. The summed E-state index contributed by atoms with van der Waals surface area (Å²) in [6.45, 7) is 1.66. The van der Waals surface area contributed by atoms with Crippen LogP contribution in [0, 0.1) is 0 Å². The highest BCUT2D eigenvalue weighted by Gasteiger charge is 2.45.